The molecule has 0 aromatic heterocycles. The van der Waals surface area contributed by atoms with E-state index in [4.69, 9.17) is 4.74 Å². The predicted octanol–water partition coefficient (Wildman–Crippen LogP) is 3.57. The van der Waals surface area contributed by atoms with Crippen LogP contribution in [0.25, 0.3) is 0 Å². The molecule has 0 radical (unpaired) electrons. The van der Waals surface area contributed by atoms with Gasteiger partial charge in [0.25, 0.3) is 5.91 Å². The van der Waals surface area contributed by atoms with E-state index in [1.54, 1.807) is 0 Å². The minimum Gasteiger partial charge on any atom is -0.376 e. The molecule has 5 rings (SSSR count). The number of hydrogen-bond donors (Lipinski definition) is 1. The number of aryl methyl sites for hydroxylation is 1. The van der Waals surface area contributed by atoms with E-state index in [1.165, 1.54) is 32.1 Å². The van der Waals surface area contributed by atoms with Crippen molar-refractivity contribution < 1.29 is 9.53 Å². The van der Waals surface area contributed by atoms with Gasteiger partial charge in [-0.15, -0.1) is 0 Å². The van der Waals surface area contributed by atoms with Crippen molar-refractivity contribution in [3.8, 4) is 0 Å². The average Bonchev–Trinajstić information content (AvgIpc) is 2.54. The molecular weight excluding hydrogens is 286 g/mol. The number of nitrogens with one attached hydrogen (secondary N) is 1. The summed E-state index contributed by atoms with van der Waals surface area (Å²) in [5.74, 6) is 3.10. The van der Waals surface area contributed by atoms with Crippen molar-refractivity contribution in [1.82, 2.24) is 5.32 Å². The van der Waals surface area contributed by atoms with Crippen LogP contribution in [0.2, 0.25) is 0 Å². The lowest BCUT2D eigenvalue weighted by molar-refractivity contribution is -0.186. The number of benzene rings is 1. The molecule has 4 aliphatic rings. The summed E-state index contributed by atoms with van der Waals surface area (Å²) in [4.78, 5) is 12.5. The van der Waals surface area contributed by atoms with Gasteiger partial charge in [0.2, 0.25) is 0 Å². The zero-order valence-corrected chi connectivity index (χ0v) is 14.2. The summed E-state index contributed by atoms with van der Waals surface area (Å²) >= 11 is 0. The van der Waals surface area contributed by atoms with Gasteiger partial charge in [0.15, 0.2) is 0 Å². The second kappa shape index (κ2) is 5.62. The SMILES string of the molecule is COC1(CNC(=O)c2cccc(C)c2)C2CC3CC(C2)CC1C3. The van der Waals surface area contributed by atoms with E-state index in [2.05, 4.69) is 5.32 Å². The maximum atomic E-state index is 12.5. The van der Waals surface area contributed by atoms with Crippen LogP contribution in [0.15, 0.2) is 24.3 Å². The fourth-order valence-electron chi connectivity index (χ4n) is 5.78. The summed E-state index contributed by atoms with van der Waals surface area (Å²) in [6, 6.07) is 7.80. The Morgan fingerprint density at radius 2 is 1.83 bits per heavy atom. The number of carbonyl (C=O) groups is 1. The van der Waals surface area contributed by atoms with Gasteiger partial charge in [-0.05, 0) is 74.8 Å². The van der Waals surface area contributed by atoms with Crippen LogP contribution in [0.4, 0.5) is 0 Å². The number of rotatable bonds is 4. The Bertz CT molecular complexity index is 581. The third kappa shape index (κ3) is 2.50. The Morgan fingerprint density at radius 3 is 2.39 bits per heavy atom. The second-order valence-corrected chi connectivity index (χ2v) is 8.02. The summed E-state index contributed by atoms with van der Waals surface area (Å²) in [5, 5.41) is 3.18. The third-order valence-corrected chi connectivity index (χ3v) is 6.71. The summed E-state index contributed by atoms with van der Waals surface area (Å²) in [6.07, 6.45) is 6.60. The first-order valence-electron chi connectivity index (χ1n) is 9.00. The molecule has 4 fully saturated rings. The monoisotopic (exact) mass is 313 g/mol. The lowest BCUT2D eigenvalue weighted by Gasteiger charge is -2.60. The highest BCUT2D eigenvalue weighted by Crippen LogP contribution is 2.59. The van der Waals surface area contributed by atoms with E-state index in [9.17, 15) is 4.79 Å². The topological polar surface area (TPSA) is 38.3 Å². The van der Waals surface area contributed by atoms with E-state index in [0.29, 0.717) is 18.4 Å². The molecule has 23 heavy (non-hydrogen) atoms. The van der Waals surface area contributed by atoms with Gasteiger partial charge in [-0.2, -0.15) is 0 Å². The van der Waals surface area contributed by atoms with Gasteiger partial charge in [0.05, 0.1) is 5.60 Å². The zero-order valence-electron chi connectivity index (χ0n) is 14.2. The first-order valence-corrected chi connectivity index (χ1v) is 9.00. The largest absolute Gasteiger partial charge is 0.376 e. The van der Waals surface area contributed by atoms with Crippen LogP contribution < -0.4 is 5.32 Å². The first-order chi connectivity index (χ1) is 11.1. The van der Waals surface area contributed by atoms with Gasteiger partial charge >= 0.3 is 0 Å². The van der Waals surface area contributed by atoms with E-state index < -0.39 is 0 Å². The van der Waals surface area contributed by atoms with Crippen molar-refractivity contribution in [2.24, 2.45) is 23.7 Å². The van der Waals surface area contributed by atoms with Crippen LogP contribution >= 0.6 is 0 Å². The highest BCUT2D eigenvalue weighted by Gasteiger charge is 2.57. The summed E-state index contributed by atoms with van der Waals surface area (Å²) in [5.41, 5.74) is 1.74. The Kier molecular flexibility index (Phi) is 3.72. The quantitative estimate of drug-likeness (QED) is 0.923. The molecular formula is C20H27NO2. The van der Waals surface area contributed by atoms with Gasteiger partial charge in [0, 0.05) is 19.2 Å². The second-order valence-electron chi connectivity index (χ2n) is 8.02. The molecule has 1 aromatic rings. The van der Waals surface area contributed by atoms with Gasteiger partial charge in [-0.3, -0.25) is 4.79 Å². The van der Waals surface area contributed by atoms with Crippen LogP contribution in [0, 0.1) is 30.6 Å². The van der Waals surface area contributed by atoms with E-state index in [-0.39, 0.29) is 11.5 Å². The van der Waals surface area contributed by atoms with Crippen molar-refractivity contribution in [2.45, 2.75) is 44.6 Å². The molecule has 0 heterocycles. The molecule has 0 atom stereocenters. The number of hydrogen-bond acceptors (Lipinski definition) is 2. The van der Waals surface area contributed by atoms with Gasteiger partial charge in [-0.25, -0.2) is 0 Å². The van der Waals surface area contributed by atoms with Gasteiger partial charge in [-0.1, -0.05) is 17.7 Å². The standard InChI is InChI=1S/C20H27NO2/c1-13-4-3-5-16(6-13)19(22)21-12-20(23-2)17-8-14-7-15(10-17)11-18(20)9-14/h3-6,14-15,17-18H,7-12H2,1-2H3,(H,21,22). The van der Waals surface area contributed by atoms with Crippen molar-refractivity contribution in [2.75, 3.05) is 13.7 Å². The number of ether oxygens (including phenoxy) is 1. The van der Waals surface area contributed by atoms with Crippen LogP contribution in [0.3, 0.4) is 0 Å². The van der Waals surface area contributed by atoms with Gasteiger partial charge < -0.3 is 10.1 Å². The molecule has 1 aromatic carbocycles. The van der Waals surface area contributed by atoms with Gasteiger partial charge in [0.1, 0.15) is 0 Å². The van der Waals surface area contributed by atoms with E-state index in [1.807, 2.05) is 38.3 Å². The fraction of sp³-hybridized carbons (Fsp3) is 0.650. The molecule has 3 nitrogen and oxygen atoms in total. The minimum absolute atomic E-state index is 0.0268. The Balaban J connectivity index is 1.49. The number of amides is 1. The maximum Gasteiger partial charge on any atom is 0.251 e. The average molecular weight is 313 g/mol. The molecule has 4 aliphatic carbocycles. The van der Waals surface area contributed by atoms with E-state index >= 15 is 0 Å². The fourth-order valence-corrected chi connectivity index (χ4v) is 5.78. The first kappa shape index (κ1) is 15.2. The molecule has 124 valence electrons. The van der Waals surface area contributed by atoms with Crippen LogP contribution in [0.1, 0.15) is 48.0 Å². The molecule has 0 aliphatic heterocycles. The van der Waals surface area contributed by atoms with Crippen molar-refractivity contribution in [1.29, 1.82) is 0 Å². The number of carbonyl (C=O) groups excluding carboxylic acids is 1. The molecule has 3 heteroatoms. The predicted molar refractivity (Wildman–Crippen MR) is 90.3 cm³/mol. The summed E-state index contributed by atoms with van der Waals surface area (Å²) < 4.78 is 6.11. The van der Waals surface area contributed by atoms with Crippen molar-refractivity contribution in [3.05, 3.63) is 35.4 Å². The van der Waals surface area contributed by atoms with Crippen molar-refractivity contribution >= 4 is 5.91 Å². The lowest BCUT2D eigenvalue weighted by atomic mass is 9.49. The van der Waals surface area contributed by atoms with Crippen LogP contribution in [-0.4, -0.2) is 25.2 Å². The highest BCUT2D eigenvalue weighted by atomic mass is 16.5. The highest BCUT2D eigenvalue weighted by molar-refractivity contribution is 5.94. The molecule has 4 bridgehead atoms. The Morgan fingerprint density at radius 1 is 1.17 bits per heavy atom. The van der Waals surface area contributed by atoms with Crippen molar-refractivity contribution in [3.63, 3.8) is 0 Å². The zero-order chi connectivity index (χ0) is 16.0. The molecule has 4 saturated carbocycles. The van der Waals surface area contributed by atoms with Crippen LogP contribution in [0.5, 0.6) is 0 Å². The minimum atomic E-state index is -0.132. The third-order valence-electron chi connectivity index (χ3n) is 6.71. The molecule has 0 saturated heterocycles. The molecule has 0 spiro atoms. The molecule has 1 N–H and O–H groups in total. The molecule has 1 amide bonds. The molecule has 0 unspecified atom stereocenters. The Labute approximate surface area is 138 Å². The smallest absolute Gasteiger partial charge is 0.251 e. The van der Waals surface area contributed by atoms with Crippen LogP contribution in [-0.2, 0) is 4.74 Å². The lowest BCUT2D eigenvalue weighted by Crippen LogP contribution is -2.63. The van der Waals surface area contributed by atoms with E-state index in [0.717, 1.165) is 23.0 Å². The normalized spacial score (nSPS) is 37.8. The maximum absolute atomic E-state index is 12.5. The summed E-state index contributed by atoms with van der Waals surface area (Å²) in [6.45, 7) is 2.68. The number of methoxy groups -OCH3 is 1. The summed E-state index contributed by atoms with van der Waals surface area (Å²) in [7, 11) is 1.85. The Hall–Kier alpha value is -1.35.